The molecule has 100 valence electrons. The Hall–Kier alpha value is -0.840. The molecule has 1 N–H and O–H groups in total. The number of hydrogen-bond acceptors (Lipinski definition) is 2. The van der Waals surface area contributed by atoms with Gasteiger partial charge in [-0.1, -0.05) is 50.1 Å². The molecule has 0 fully saturated rings. The van der Waals surface area contributed by atoms with Crippen LogP contribution in [0.3, 0.4) is 0 Å². The van der Waals surface area contributed by atoms with Gasteiger partial charge in [-0.2, -0.15) is 0 Å². The molecule has 2 aromatic carbocycles. The van der Waals surface area contributed by atoms with Gasteiger partial charge in [-0.05, 0) is 42.4 Å². The Balaban J connectivity index is 2.43. The summed E-state index contributed by atoms with van der Waals surface area (Å²) in [4.78, 5) is 0. The van der Waals surface area contributed by atoms with E-state index in [1.807, 2.05) is 25.2 Å². The average molecular weight is 385 g/mol. The van der Waals surface area contributed by atoms with Crippen LogP contribution in [-0.4, -0.2) is 14.2 Å². The van der Waals surface area contributed by atoms with E-state index in [1.165, 1.54) is 11.1 Å². The van der Waals surface area contributed by atoms with Crippen molar-refractivity contribution in [2.24, 2.45) is 0 Å². The highest BCUT2D eigenvalue weighted by atomic mass is 79.9. The highest BCUT2D eigenvalue weighted by Gasteiger charge is 2.15. The maximum absolute atomic E-state index is 5.29. The van der Waals surface area contributed by atoms with Gasteiger partial charge in [0.2, 0.25) is 0 Å². The largest absolute Gasteiger partial charge is 0.497 e. The van der Waals surface area contributed by atoms with Crippen molar-refractivity contribution in [1.82, 2.24) is 5.32 Å². The Labute approximate surface area is 130 Å². The molecule has 19 heavy (non-hydrogen) atoms. The zero-order valence-corrected chi connectivity index (χ0v) is 14.0. The number of hydrogen-bond donors (Lipinski definition) is 1. The molecule has 0 spiro atoms. The standard InChI is InChI=1S/C15H15Br2NO/c1-18-15(10-4-3-5-12(8-10)19-2)13-7-6-11(16)9-14(13)17/h3-9,15,18H,1-2H3. The first-order valence-corrected chi connectivity index (χ1v) is 7.50. The molecule has 4 heteroatoms. The van der Waals surface area contributed by atoms with Crippen molar-refractivity contribution in [3.05, 3.63) is 62.5 Å². The van der Waals surface area contributed by atoms with E-state index in [2.05, 4.69) is 61.4 Å². The average Bonchev–Trinajstić information content (AvgIpc) is 2.42. The molecule has 0 saturated carbocycles. The zero-order valence-electron chi connectivity index (χ0n) is 10.8. The molecule has 1 unspecified atom stereocenters. The van der Waals surface area contributed by atoms with Crippen molar-refractivity contribution in [3.63, 3.8) is 0 Å². The molecule has 2 nitrogen and oxygen atoms in total. The Kier molecular flexibility index (Phi) is 5.02. The molecule has 2 aromatic rings. The second-order valence-corrected chi connectivity index (χ2v) is 5.93. The van der Waals surface area contributed by atoms with Gasteiger partial charge < -0.3 is 10.1 Å². The summed E-state index contributed by atoms with van der Waals surface area (Å²) < 4.78 is 7.42. The maximum atomic E-state index is 5.29. The van der Waals surface area contributed by atoms with Crippen LogP contribution in [0.25, 0.3) is 0 Å². The molecule has 0 radical (unpaired) electrons. The molecular formula is C15H15Br2NO. The minimum absolute atomic E-state index is 0.123. The van der Waals surface area contributed by atoms with Crippen molar-refractivity contribution in [2.45, 2.75) is 6.04 Å². The third-order valence-corrected chi connectivity index (χ3v) is 4.17. The topological polar surface area (TPSA) is 21.3 Å². The number of nitrogens with one attached hydrogen (secondary N) is 1. The summed E-state index contributed by atoms with van der Waals surface area (Å²) in [6, 6.07) is 14.4. The van der Waals surface area contributed by atoms with Gasteiger partial charge in [-0.15, -0.1) is 0 Å². The van der Waals surface area contributed by atoms with Gasteiger partial charge in [-0.25, -0.2) is 0 Å². The molecule has 0 aliphatic rings. The number of halogens is 2. The van der Waals surface area contributed by atoms with E-state index < -0.39 is 0 Å². The van der Waals surface area contributed by atoms with E-state index in [9.17, 15) is 0 Å². The minimum Gasteiger partial charge on any atom is -0.497 e. The zero-order chi connectivity index (χ0) is 13.8. The molecule has 0 aromatic heterocycles. The molecule has 0 aliphatic carbocycles. The van der Waals surface area contributed by atoms with E-state index >= 15 is 0 Å². The summed E-state index contributed by atoms with van der Waals surface area (Å²) in [5, 5.41) is 3.35. The van der Waals surface area contributed by atoms with Crippen LogP contribution in [0.4, 0.5) is 0 Å². The Bertz CT molecular complexity index is 572. The SMILES string of the molecule is CNC(c1cccc(OC)c1)c1ccc(Br)cc1Br. The normalized spacial score (nSPS) is 12.2. The van der Waals surface area contributed by atoms with E-state index in [0.717, 1.165) is 14.7 Å². The summed E-state index contributed by atoms with van der Waals surface area (Å²) in [6.07, 6.45) is 0. The van der Waals surface area contributed by atoms with Crippen molar-refractivity contribution < 1.29 is 4.74 Å². The van der Waals surface area contributed by atoms with Crippen molar-refractivity contribution in [2.75, 3.05) is 14.2 Å². The van der Waals surface area contributed by atoms with Gasteiger partial charge in [0.1, 0.15) is 5.75 Å². The second kappa shape index (κ2) is 6.55. The van der Waals surface area contributed by atoms with Gasteiger partial charge in [0.25, 0.3) is 0 Å². The van der Waals surface area contributed by atoms with Gasteiger partial charge in [0.05, 0.1) is 13.2 Å². The van der Waals surface area contributed by atoms with Crippen molar-refractivity contribution >= 4 is 31.9 Å². The quantitative estimate of drug-likeness (QED) is 0.836. The lowest BCUT2D eigenvalue weighted by molar-refractivity contribution is 0.414. The van der Waals surface area contributed by atoms with Crippen LogP contribution in [0.5, 0.6) is 5.75 Å². The van der Waals surface area contributed by atoms with E-state index in [0.29, 0.717) is 0 Å². The first-order valence-electron chi connectivity index (χ1n) is 5.92. The van der Waals surface area contributed by atoms with E-state index in [-0.39, 0.29) is 6.04 Å². The van der Waals surface area contributed by atoms with E-state index in [1.54, 1.807) is 7.11 Å². The van der Waals surface area contributed by atoms with Crippen molar-refractivity contribution in [3.8, 4) is 5.75 Å². The lowest BCUT2D eigenvalue weighted by Crippen LogP contribution is -2.18. The van der Waals surface area contributed by atoms with Gasteiger partial charge >= 0.3 is 0 Å². The Morgan fingerprint density at radius 2 is 1.89 bits per heavy atom. The first kappa shape index (κ1) is 14.6. The summed E-state index contributed by atoms with van der Waals surface area (Å²) in [6.45, 7) is 0. The molecule has 1 atom stereocenters. The number of rotatable bonds is 4. The summed E-state index contributed by atoms with van der Waals surface area (Å²) in [7, 11) is 3.64. The Morgan fingerprint density at radius 3 is 2.53 bits per heavy atom. The van der Waals surface area contributed by atoms with Crippen LogP contribution >= 0.6 is 31.9 Å². The second-order valence-electron chi connectivity index (χ2n) is 4.16. The van der Waals surface area contributed by atoms with Gasteiger partial charge in [-0.3, -0.25) is 0 Å². The van der Waals surface area contributed by atoms with Gasteiger partial charge in [0.15, 0.2) is 0 Å². The highest BCUT2D eigenvalue weighted by molar-refractivity contribution is 9.11. The van der Waals surface area contributed by atoms with Crippen LogP contribution in [0.1, 0.15) is 17.2 Å². The fraction of sp³-hybridized carbons (Fsp3) is 0.200. The predicted octanol–water partition coefficient (Wildman–Crippen LogP) is 4.53. The lowest BCUT2D eigenvalue weighted by atomic mass is 9.99. The van der Waals surface area contributed by atoms with Crippen LogP contribution < -0.4 is 10.1 Å². The predicted molar refractivity (Wildman–Crippen MR) is 85.7 cm³/mol. The molecular weight excluding hydrogens is 370 g/mol. The number of methoxy groups -OCH3 is 1. The summed E-state index contributed by atoms with van der Waals surface area (Å²) >= 11 is 7.10. The number of benzene rings is 2. The molecule has 0 heterocycles. The molecule has 0 saturated heterocycles. The smallest absolute Gasteiger partial charge is 0.119 e. The lowest BCUT2D eigenvalue weighted by Gasteiger charge is -2.19. The van der Waals surface area contributed by atoms with Crippen molar-refractivity contribution in [1.29, 1.82) is 0 Å². The Morgan fingerprint density at radius 1 is 1.11 bits per heavy atom. The molecule has 0 aliphatic heterocycles. The monoisotopic (exact) mass is 383 g/mol. The molecule has 2 rings (SSSR count). The van der Waals surface area contributed by atoms with Crippen LogP contribution in [0, 0.1) is 0 Å². The highest BCUT2D eigenvalue weighted by Crippen LogP contribution is 2.31. The van der Waals surface area contributed by atoms with Crippen LogP contribution in [0.2, 0.25) is 0 Å². The third-order valence-electron chi connectivity index (χ3n) is 2.99. The molecule has 0 amide bonds. The summed E-state index contributed by atoms with van der Waals surface area (Å²) in [5.74, 6) is 0.867. The summed E-state index contributed by atoms with van der Waals surface area (Å²) in [5.41, 5.74) is 2.36. The van der Waals surface area contributed by atoms with Gasteiger partial charge in [0, 0.05) is 8.95 Å². The van der Waals surface area contributed by atoms with E-state index in [4.69, 9.17) is 4.74 Å². The number of ether oxygens (including phenoxy) is 1. The molecule has 0 bridgehead atoms. The fourth-order valence-corrected chi connectivity index (χ4v) is 3.33. The minimum atomic E-state index is 0.123. The van der Waals surface area contributed by atoms with Crippen LogP contribution in [0.15, 0.2) is 51.4 Å². The fourth-order valence-electron chi connectivity index (χ4n) is 2.06. The maximum Gasteiger partial charge on any atom is 0.119 e. The van der Waals surface area contributed by atoms with Crippen LogP contribution in [-0.2, 0) is 0 Å². The first-order chi connectivity index (χ1) is 9.15. The third kappa shape index (κ3) is 3.38.